The average molecular weight is 900 g/mol. The van der Waals surface area contributed by atoms with Crippen LogP contribution in [0.1, 0.15) is 25.0 Å². The highest BCUT2D eigenvalue weighted by atomic mass is 32.1. The topological polar surface area (TPSA) is 11.4 Å². The zero-order valence-electron chi connectivity index (χ0n) is 38.3. The molecule has 0 unspecified atom stereocenters. The summed E-state index contributed by atoms with van der Waals surface area (Å²) in [7, 11) is 0. The van der Waals surface area contributed by atoms with E-state index in [0.717, 1.165) is 39.8 Å². The smallest absolute Gasteiger partial charge is 0.0542 e. The number of thiophene rings is 1. The lowest BCUT2D eigenvalue weighted by molar-refractivity contribution is 0.660. The first-order chi connectivity index (χ1) is 34.0. The summed E-state index contributed by atoms with van der Waals surface area (Å²) in [5.74, 6) is 0. The second-order valence-corrected chi connectivity index (χ2v) is 19.9. The fourth-order valence-corrected chi connectivity index (χ4v) is 12.8. The Morgan fingerprint density at radius 1 is 0.348 bits per heavy atom. The summed E-state index contributed by atoms with van der Waals surface area (Å²) in [4.78, 5) is 4.85. The van der Waals surface area contributed by atoms with E-state index in [1.165, 1.54) is 85.8 Å². The van der Waals surface area contributed by atoms with Gasteiger partial charge in [-0.1, -0.05) is 153 Å². The number of rotatable bonds is 7. The van der Waals surface area contributed by atoms with Crippen molar-refractivity contribution in [2.24, 2.45) is 0 Å². The third kappa shape index (κ3) is 6.05. The van der Waals surface area contributed by atoms with Crippen LogP contribution in [0.3, 0.4) is 0 Å². The van der Waals surface area contributed by atoms with Gasteiger partial charge in [-0.2, -0.15) is 0 Å². The maximum Gasteiger partial charge on any atom is 0.0542 e. The Kier molecular flexibility index (Phi) is 8.80. The molecular weight excluding hydrogens is 855 g/mol. The van der Waals surface area contributed by atoms with Crippen molar-refractivity contribution in [3.8, 4) is 16.8 Å². The van der Waals surface area contributed by atoms with Gasteiger partial charge in [0.25, 0.3) is 0 Å². The maximum absolute atomic E-state index is 2.43. The predicted octanol–water partition coefficient (Wildman–Crippen LogP) is 18.7. The van der Waals surface area contributed by atoms with Crippen LogP contribution in [0.25, 0.3) is 80.3 Å². The lowest BCUT2D eigenvalue weighted by atomic mass is 9.82. The van der Waals surface area contributed by atoms with Crippen LogP contribution in [0.4, 0.5) is 34.1 Å². The molecule has 2 aromatic heterocycles. The zero-order valence-corrected chi connectivity index (χ0v) is 39.1. The molecule has 0 atom stereocenters. The minimum Gasteiger partial charge on any atom is -0.310 e. The Hall–Kier alpha value is -8.44. The highest BCUT2D eigenvalue weighted by molar-refractivity contribution is 7.27. The molecule has 4 heteroatoms. The SMILES string of the molecule is CC1(C)c2ccccc2-c2ccc(N(c3ccccc3)c3ccc4c(c3)c3ccccc3c3c5ccc(N(c6ccccc6)c6ccc7c(c6)c6ccccc6n7-c6ccccc6)cc5sc43)cc21. The first-order valence-corrected chi connectivity index (χ1v) is 24.7. The molecule has 326 valence electrons. The molecular formula is C65H45N3S. The number of hydrogen-bond acceptors (Lipinski definition) is 3. The third-order valence-electron chi connectivity index (χ3n) is 14.7. The first kappa shape index (κ1) is 39.7. The lowest BCUT2D eigenvalue weighted by Gasteiger charge is -2.28. The number of aromatic nitrogens is 1. The van der Waals surface area contributed by atoms with Crippen LogP contribution in [-0.2, 0) is 5.41 Å². The van der Waals surface area contributed by atoms with Gasteiger partial charge in [-0.15, -0.1) is 11.3 Å². The van der Waals surface area contributed by atoms with Crippen molar-refractivity contribution in [2.75, 3.05) is 9.80 Å². The van der Waals surface area contributed by atoms with E-state index < -0.39 is 0 Å². The summed E-state index contributed by atoms with van der Waals surface area (Å²) in [5.41, 5.74) is 15.6. The minimum absolute atomic E-state index is 0.105. The summed E-state index contributed by atoms with van der Waals surface area (Å²) in [5, 5.41) is 10.1. The minimum atomic E-state index is -0.105. The average Bonchev–Trinajstić information content (AvgIpc) is 4.03. The Morgan fingerprint density at radius 3 is 1.61 bits per heavy atom. The van der Waals surface area contributed by atoms with E-state index in [1.54, 1.807) is 0 Å². The van der Waals surface area contributed by atoms with Gasteiger partial charge >= 0.3 is 0 Å². The van der Waals surface area contributed by atoms with Crippen LogP contribution >= 0.6 is 11.3 Å². The van der Waals surface area contributed by atoms with Gasteiger partial charge in [0.15, 0.2) is 0 Å². The molecule has 0 radical (unpaired) electrons. The van der Waals surface area contributed by atoms with Gasteiger partial charge in [0.2, 0.25) is 0 Å². The van der Waals surface area contributed by atoms with Crippen molar-refractivity contribution < 1.29 is 0 Å². The molecule has 1 aliphatic carbocycles. The van der Waals surface area contributed by atoms with Gasteiger partial charge in [-0.25, -0.2) is 0 Å². The number of benzene rings is 11. The van der Waals surface area contributed by atoms with Crippen LogP contribution in [0.15, 0.2) is 237 Å². The number of fused-ring (bicyclic) bond motifs is 14. The van der Waals surface area contributed by atoms with Crippen molar-refractivity contribution in [1.29, 1.82) is 0 Å². The van der Waals surface area contributed by atoms with E-state index >= 15 is 0 Å². The van der Waals surface area contributed by atoms with Crippen LogP contribution in [0.2, 0.25) is 0 Å². The van der Waals surface area contributed by atoms with Crippen LogP contribution in [-0.4, -0.2) is 4.57 Å². The molecule has 69 heavy (non-hydrogen) atoms. The van der Waals surface area contributed by atoms with Crippen molar-refractivity contribution in [1.82, 2.24) is 4.57 Å². The molecule has 0 fully saturated rings. The normalized spacial score (nSPS) is 12.9. The molecule has 11 aromatic carbocycles. The van der Waals surface area contributed by atoms with E-state index in [9.17, 15) is 0 Å². The predicted molar refractivity (Wildman–Crippen MR) is 296 cm³/mol. The van der Waals surface area contributed by atoms with Gasteiger partial charge in [0, 0.05) is 81.6 Å². The molecule has 3 nitrogen and oxygen atoms in total. The molecule has 14 rings (SSSR count). The molecule has 0 aliphatic heterocycles. The molecule has 0 saturated heterocycles. The van der Waals surface area contributed by atoms with Crippen molar-refractivity contribution in [3.63, 3.8) is 0 Å². The summed E-state index contributed by atoms with van der Waals surface area (Å²) in [6.07, 6.45) is 0. The summed E-state index contributed by atoms with van der Waals surface area (Å²) >= 11 is 1.90. The van der Waals surface area contributed by atoms with Gasteiger partial charge in [0.1, 0.15) is 0 Å². The van der Waals surface area contributed by atoms with Crippen molar-refractivity contribution in [3.05, 3.63) is 248 Å². The highest BCUT2D eigenvalue weighted by Gasteiger charge is 2.36. The first-order valence-electron chi connectivity index (χ1n) is 23.8. The molecule has 0 N–H and O–H groups in total. The van der Waals surface area contributed by atoms with E-state index in [4.69, 9.17) is 0 Å². The van der Waals surface area contributed by atoms with E-state index in [-0.39, 0.29) is 5.41 Å². The van der Waals surface area contributed by atoms with E-state index in [0.29, 0.717) is 0 Å². The molecule has 0 saturated carbocycles. The second-order valence-electron chi connectivity index (χ2n) is 18.9. The quantitative estimate of drug-likeness (QED) is 0.148. The molecule has 0 bridgehead atoms. The van der Waals surface area contributed by atoms with Crippen LogP contribution in [0.5, 0.6) is 0 Å². The number of anilines is 6. The summed E-state index contributed by atoms with van der Waals surface area (Å²) in [6, 6.07) is 87.2. The zero-order chi connectivity index (χ0) is 45.8. The van der Waals surface area contributed by atoms with E-state index in [1.807, 2.05) is 11.3 Å². The molecule has 0 amide bonds. The Labute approximate surface area is 405 Å². The number of nitrogens with zero attached hydrogens (tertiary/aromatic N) is 3. The fraction of sp³-hybridized carbons (Fsp3) is 0.0462. The Bertz CT molecular complexity index is 4170. The van der Waals surface area contributed by atoms with Crippen molar-refractivity contribution in [2.45, 2.75) is 19.3 Å². The summed E-state index contributed by atoms with van der Waals surface area (Å²) < 4.78 is 4.96. The number of para-hydroxylation sites is 4. The standard InChI is InChI=1S/C65H45N3S/c1-65(2)58-28-16-14-25-50(58)51-34-30-47(40-59(51)65)66(42-18-6-3-7-19-42)45-31-35-54-56(38-45)49-24-12-13-27-53(49)63-55-36-32-48(41-62(55)69-64(54)63)67(43-20-8-4-9-21-43)46-33-37-61-57(39-46)52-26-15-17-29-60(52)68(61)44-22-10-5-11-23-44/h3-41H,1-2H3. The van der Waals surface area contributed by atoms with Gasteiger partial charge < -0.3 is 14.4 Å². The lowest BCUT2D eigenvalue weighted by Crippen LogP contribution is -2.16. The Morgan fingerprint density at radius 2 is 0.870 bits per heavy atom. The largest absolute Gasteiger partial charge is 0.310 e. The fourth-order valence-electron chi connectivity index (χ4n) is 11.5. The molecule has 0 spiro atoms. The summed E-state index contributed by atoms with van der Waals surface area (Å²) in [6.45, 7) is 4.72. The van der Waals surface area contributed by atoms with Crippen LogP contribution in [0, 0.1) is 0 Å². The van der Waals surface area contributed by atoms with Gasteiger partial charge in [-0.3, -0.25) is 0 Å². The monoisotopic (exact) mass is 899 g/mol. The van der Waals surface area contributed by atoms with Gasteiger partial charge in [-0.05, 0) is 135 Å². The van der Waals surface area contributed by atoms with E-state index in [2.05, 4.69) is 265 Å². The highest BCUT2D eigenvalue weighted by Crippen LogP contribution is 2.52. The van der Waals surface area contributed by atoms with Crippen molar-refractivity contribution >= 4 is 109 Å². The molecule has 2 heterocycles. The third-order valence-corrected chi connectivity index (χ3v) is 15.9. The van der Waals surface area contributed by atoms with Gasteiger partial charge in [0.05, 0.1) is 11.0 Å². The number of hydrogen-bond donors (Lipinski definition) is 0. The Balaban J connectivity index is 0.933. The molecule has 13 aromatic rings. The van der Waals surface area contributed by atoms with Crippen LogP contribution < -0.4 is 9.80 Å². The molecule has 1 aliphatic rings. The maximum atomic E-state index is 2.43. The second kappa shape index (κ2) is 15.3.